The van der Waals surface area contributed by atoms with Crippen LogP contribution in [0.25, 0.3) is 10.8 Å². The van der Waals surface area contributed by atoms with E-state index in [0.29, 0.717) is 28.3 Å². The molecule has 0 aliphatic carbocycles. The largest absolute Gasteiger partial charge is 0.352 e. The van der Waals surface area contributed by atoms with E-state index in [1.165, 1.54) is 0 Å². The Bertz CT molecular complexity index is 947. The van der Waals surface area contributed by atoms with Gasteiger partial charge in [-0.25, -0.2) is 0 Å². The van der Waals surface area contributed by atoms with Crippen molar-refractivity contribution >= 4 is 51.4 Å². The van der Waals surface area contributed by atoms with Crippen molar-refractivity contribution in [2.24, 2.45) is 5.73 Å². The lowest BCUT2D eigenvalue weighted by Gasteiger charge is -2.19. The Morgan fingerprint density at radius 2 is 1.72 bits per heavy atom. The molecule has 25 heavy (non-hydrogen) atoms. The van der Waals surface area contributed by atoms with E-state index in [9.17, 15) is 0 Å². The summed E-state index contributed by atoms with van der Waals surface area (Å²) < 4.78 is 0. The molecule has 1 aromatic heterocycles. The summed E-state index contributed by atoms with van der Waals surface area (Å²) in [6.45, 7) is 1.38. The first-order valence-electron chi connectivity index (χ1n) is 7.91. The summed E-state index contributed by atoms with van der Waals surface area (Å²) in [4.78, 5) is 2.14. The van der Waals surface area contributed by atoms with Gasteiger partial charge in [-0.1, -0.05) is 65.1 Å². The van der Waals surface area contributed by atoms with Crippen LogP contribution in [0, 0.1) is 0 Å². The molecule has 2 aromatic carbocycles. The van der Waals surface area contributed by atoms with E-state index >= 15 is 0 Å². The lowest BCUT2D eigenvalue weighted by Crippen LogP contribution is -2.29. The summed E-state index contributed by atoms with van der Waals surface area (Å²) in [6.07, 6.45) is 0. The summed E-state index contributed by atoms with van der Waals surface area (Å²) in [5.41, 5.74) is 7.42. The third-order valence-electron chi connectivity index (χ3n) is 4.65. The van der Waals surface area contributed by atoms with Crippen LogP contribution in [0.4, 0.5) is 5.82 Å². The van der Waals surface area contributed by atoms with Gasteiger partial charge in [0.2, 0.25) is 0 Å². The standard InChI is InChI=1S/C18H15Cl3N4/c19-10-5-6-11(15(20)7-10)14-8-25(9-16(14)22)18-13-4-2-1-3-12(13)17(21)23-24-18/h1-7,14,16H,8-9,22H2. The molecular formula is C18H15Cl3N4. The van der Waals surface area contributed by atoms with Gasteiger partial charge in [0.05, 0.1) is 0 Å². The number of nitrogens with two attached hydrogens (primary N) is 1. The van der Waals surface area contributed by atoms with Gasteiger partial charge in [-0.05, 0) is 17.7 Å². The first kappa shape index (κ1) is 16.9. The molecule has 1 fully saturated rings. The molecule has 2 heterocycles. The molecule has 2 atom stereocenters. The number of nitrogens with zero attached hydrogens (tertiary/aromatic N) is 3. The Morgan fingerprint density at radius 3 is 2.48 bits per heavy atom. The smallest absolute Gasteiger partial charge is 0.159 e. The number of anilines is 1. The highest BCUT2D eigenvalue weighted by Gasteiger charge is 2.34. The molecule has 4 nitrogen and oxygen atoms in total. The summed E-state index contributed by atoms with van der Waals surface area (Å²) >= 11 is 18.6. The number of rotatable bonds is 2. The quantitative estimate of drug-likeness (QED) is 0.695. The Hall–Kier alpha value is -1.59. The van der Waals surface area contributed by atoms with E-state index in [0.717, 1.165) is 22.2 Å². The zero-order valence-electron chi connectivity index (χ0n) is 13.2. The number of halogens is 3. The average Bonchev–Trinajstić information content (AvgIpc) is 2.97. The fraction of sp³-hybridized carbons (Fsp3) is 0.222. The minimum atomic E-state index is -0.0603. The zero-order valence-corrected chi connectivity index (χ0v) is 15.4. The van der Waals surface area contributed by atoms with Gasteiger partial charge in [0.25, 0.3) is 0 Å². The molecule has 1 aliphatic heterocycles. The molecular weight excluding hydrogens is 379 g/mol. The molecule has 1 aliphatic rings. The molecule has 4 rings (SSSR count). The van der Waals surface area contributed by atoms with E-state index in [2.05, 4.69) is 15.1 Å². The Morgan fingerprint density at radius 1 is 0.960 bits per heavy atom. The first-order valence-corrected chi connectivity index (χ1v) is 9.04. The van der Waals surface area contributed by atoms with Gasteiger partial charge < -0.3 is 10.6 Å². The number of fused-ring (bicyclic) bond motifs is 1. The van der Waals surface area contributed by atoms with Gasteiger partial charge >= 0.3 is 0 Å². The van der Waals surface area contributed by atoms with Gasteiger partial charge in [0.15, 0.2) is 11.0 Å². The molecule has 128 valence electrons. The lowest BCUT2D eigenvalue weighted by molar-refractivity contribution is 0.653. The van der Waals surface area contributed by atoms with Gasteiger partial charge in [0, 0.05) is 45.9 Å². The first-order chi connectivity index (χ1) is 12.0. The predicted octanol–water partition coefficient (Wildman–Crippen LogP) is 4.52. The van der Waals surface area contributed by atoms with Crippen LogP contribution in [0.2, 0.25) is 15.2 Å². The maximum atomic E-state index is 6.41. The van der Waals surface area contributed by atoms with Crippen molar-refractivity contribution in [3.63, 3.8) is 0 Å². The van der Waals surface area contributed by atoms with Gasteiger partial charge in [-0.2, -0.15) is 0 Å². The number of benzene rings is 2. The second kappa shape index (κ2) is 6.61. The third-order valence-corrected chi connectivity index (χ3v) is 5.49. The molecule has 0 saturated carbocycles. The Kier molecular flexibility index (Phi) is 4.46. The molecule has 1 saturated heterocycles. The van der Waals surface area contributed by atoms with Crippen LogP contribution in [0.3, 0.4) is 0 Å². The second-order valence-electron chi connectivity index (χ2n) is 6.20. The van der Waals surface area contributed by atoms with Crippen molar-refractivity contribution < 1.29 is 0 Å². The topological polar surface area (TPSA) is 55.0 Å². The highest BCUT2D eigenvalue weighted by Crippen LogP contribution is 2.37. The van der Waals surface area contributed by atoms with E-state index in [-0.39, 0.29) is 12.0 Å². The monoisotopic (exact) mass is 392 g/mol. The van der Waals surface area contributed by atoms with Crippen LogP contribution in [0.5, 0.6) is 0 Å². The van der Waals surface area contributed by atoms with Gasteiger partial charge in [-0.3, -0.25) is 0 Å². The van der Waals surface area contributed by atoms with Crippen molar-refractivity contribution in [2.45, 2.75) is 12.0 Å². The molecule has 0 amide bonds. The lowest BCUT2D eigenvalue weighted by atomic mass is 9.95. The van der Waals surface area contributed by atoms with Crippen LogP contribution < -0.4 is 10.6 Å². The summed E-state index contributed by atoms with van der Waals surface area (Å²) in [5.74, 6) is 0.893. The molecule has 3 aromatic rings. The number of hydrogen-bond donors (Lipinski definition) is 1. The van der Waals surface area contributed by atoms with E-state index in [1.807, 2.05) is 36.4 Å². The molecule has 0 bridgehead atoms. The molecule has 2 unspecified atom stereocenters. The highest BCUT2D eigenvalue weighted by molar-refractivity contribution is 6.35. The van der Waals surface area contributed by atoms with E-state index in [4.69, 9.17) is 40.5 Å². The number of aromatic nitrogens is 2. The Labute approximate surface area is 160 Å². The molecule has 0 spiro atoms. The SMILES string of the molecule is NC1CN(c2nnc(Cl)c3ccccc23)CC1c1ccc(Cl)cc1Cl. The Balaban J connectivity index is 1.71. The van der Waals surface area contributed by atoms with E-state index < -0.39 is 0 Å². The predicted molar refractivity (Wildman–Crippen MR) is 104 cm³/mol. The van der Waals surface area contributed by atoms with E-state index in [1.54, 1.807) is 6.07 Å². The van der Waals surface area contributed by atoms with Crippen molar-refractivity contribution in [2.75, 3.05) is 18.0 Å². The summed E-state index contributed by atoms with van der Waals surface area (Å²) in [5, 5.41) is 11.9. The maximum Gasteiger partial charge on any atom is 0.159 e. The third kappa shape index (κ3) is 3.04. The van der Waals surface area contributed by atoms with Gasteiger partial charge in [-0.15, -0.1) is 10.2 Å². The second-order valence-corrected chi connectivity index (χ2v) is 7.40. The minimum absolute atomic E-state index is 0.0603. The molecule has 0 radical (unpaired) electrons. The summed E-state index contributed by atoms with van der Waals surface area (Å²) in [6, 6.07) is 13.3. The van der Waals surface area contributed by atoms with Gasteiger partial charge in [0.1, 0.15) is 0 Å². The fourth-order valence-electron chi connectivity index (χ4n) is 3.42. The normalized spacial score (nSPS) is 20.4. The maximum absolute atomic E-state index is 6.41. The van der Waals surface area contributed by atoms with Crippen LogP contribution in [0.1, 0.15) is 11.5 Å². The molecule has 2 N–H and O–H groups in total. The van der Waals surface area contributed by atoms with Crippen molar-refractivity contribution in [3.8, 4) is 0 Å². The van der Waals surface area contributed by atoms with Crippen molar-refractivity contribution in [1.29, 1.82) is 0 Å². The van der Waals surface area contributed by atoms with Crippen LogP contribution in [-0.4, -0.2) is 29.3 Å². The van der Waals surface area contributed by atoms with Crippen LogP contribution in [-0.2, 0) is 0 Å². The number of hydrogen-bond acceptors (Lipinski definition) is 4. The van der Waals surface area contributed by atoms with Crippen molar-refractivity contribution in [3.05, 3.63) is 63.2 Å². The fourth-order valence-corrected chi connectivity index (χ4v) is 4.18. The highest BCUT2D eigenvalue weighted by atomic mass is 35.5. The minimum Gasteiger partial charge on any atom is -0.352 e. The van der Waals surface area contributed by atoms with Crippen molar-refractivity contribution in [1.82, 2.24) is 10.2 Å². The van der Waals surface area contributed by atoms with Crippen LogP contribution >= 0.6 is 34.8 Å². The van der Waals surface area contributed by atoms with Crippen LogP contribution in [0.15, 0.2) is 42.5 Å². The molecule has 7 heteroatoms. The average molecular weight is 394 g/mol. The zero-order chi connectivity index (χ0) is 17.6. The summed E-state index contributed by atoms with van der Waals surface area (Å²) in [7, 11) is 0.